The highest BCUT2D eigenvalue weighted by Gasteiger charge is 2.22. The summed E-state index contributed by atoms with van der Waals surface area (Å²) < 4.78 is 5.20. The molecule has 0 atom stereocenters. The number of anilines is 1. The van der Waals surface area contributed by atoms with Crippen molar-refractivity contribution in [1.29, 1.82) is 0 Å². The summed E-state index contributed by atoms with van der Waals surface area (Å²) in [6.07, 6.45) is 0. The van der Waals surface area contributed by atoms with Crippen LogP contribution in [0.15, 0.2) is 78.9 Å². The van der Waals surface area contributed by atoms with Crippen molar-refractivity contribution < 1.29 is 14.3 Å². The van der Waals surface area contributed by atoms with Crippen molar-refractivity contribution in [3.8, 4) is 5.75 Å². The molecule has 6 heteroatoms. The molecule has 2 amide bonds. The van der Waals surface area contributed by atoms with Gasteiger partial charge in [0.15, 0.2) is 0 Å². The summed E-state index contributed by atoms with van der Waals surface area (Å²) >= 11 is 5.97. The molecule has 28 heavy (non-hydrogen) atoms. The van der Waals surface area contributed by atoms with Gasteiger partial charge in [0.1, 0.15) is 5.75 Å². The molecule has 0 saturated heterocycles. The molecule has 0 bridgehead atoms. The highest BCUT2D eigenvalue weighted by molar-refractivity contribution is 6.40. The third-order valence-electron chi connectivity index (χ3n) is 4.16. The number of benzene rings is 3. The van der Waals surface area contributed by atoms with E-state index in [1.807, 2.05) is 60.7 Å². The number of amides is 2. The lowest BCUT2D eigenvalue weighted by Crippen LogP contribution is -2.38. The van der Waals surface area contributed by atoms with Gasteiger partial charge in [-0.05, 0) is 29.3 Å². The number of rotatable bonds is 5. The van der Waals surface area contributed by atoms with Gasteiger partial charge in [-0.2, -0.15) is 0 Å². The monoisotopic (exact) mass is 394 g/mol. The minimum atomic E-state index is -0.808. The third kappa shape index (κ3) is 4.69. The van der Waals surface area contributed by atoms with Crippen LogP contribution in [0, 0.1) is 0 Å². The minimum Gasteiger partial charge on any atom is -0.495 e. The summed E-state index contributed by atoms with van der Waals surface area (Å²) in [5, 5.41) is 5.77. The van der Waals surface area contributed by atoms with Gasteiger partial charge in [-0.15, -0.1) is 0 Å². The number of methoxy groups -OCH3 is 1. The van der Waals surface area contributed by atoms with Crippen LogP contribution in [-0.4, -0.2) is 18.9 Å². The van der Waals surface area contributed by atoms with Crippen molar-refractivity contribution in [2.24, 2.45) is 0 Å². The molecule has 0 heterocycles. The maximum Gasteiger partial charge on any atom is 0.313 e. The number of carbonyl (C=O) groups is 2. The SMILES string of the molecule is COc1ccc(Cl)cc1NC(=O)C(=O)NC(c1ccccc1)c1ccccc1. The molecule has 0 aliphatic rings. The molecule has 5 nitrogen and oxygen atoms in total. The lowest BCUT2D eigenvalue weighted by Gasteiger charge is -2.20. The van der Waals surface area contributed by atoms with E-state index in [1.54, 1.807) is 12.1 Å². The van der Waals surface area contributed by atoms with Gasteiger partial charge in [0.2, 0.25) is 0 Å². The molecule has 142 valence electrons. The Morgan fingerprint density at radius 1 is 0.857 bits per heavy atom. The van der Waals surface area contributed by atoms with Crippen LogP contribution in [-0.2, 0) is 9.59 Å². The van der Waals surface area contributed by atoms with E-state index in [9.17, 15) is 9.59 Å². The molecule has 3 aromatic rings. The fourth-order valence-corrected chi connectivity index (χ4v) is 2.98. The molecule has 0 spiro atoms. The van der Waals surface area contributed by atoms with E-state index in [-0.39, 0.29) is 0 Å². The van der Waals surface area contributed by atoms with Crippen LogP contribution in [0.25, 0.3) is 0 Å². The first-order chi connectivity index (χ1) is 13.6. The second kappa shape index (κ2) is 9.06. The predicted molar refractivity (Wildman–Crippen MR) is 110 cm³/mol. The second-order valence-corrected chi connectivity index (χ2v) is 6.46. The molecule has 0 saturated carbocycles. The summed E-state index contributed by atoms with van der Waals surface area (Å²) in [6.45, 7) is 0. The molecule has 0 aliphatic heterocycles. The zero-order chi connectivity index (χ0) is 19.9. The van der Waals surface area contributed by atoms with E-state index < -0.39 is 17.9 Å². The maximum atomic E-state index is 12.6. The molecule has 0 fully saturated rings. The van der Waals surface area contributed by atoms with Crippen LogP contribution in [0.5, 0.6) is 5.75 Å². The van der Waals surface area contributed by atoms with E-state index in [2.05, 4.69) is 10.6 Å². The van der Waals surface area contributed by atoms with E-state index >= 15 is 0 Å². The topological polar surface area (TPSA) is 67.4 Å². The number of hydrogen-bond acceptors (Lipinski definition) is 3. The Bertz CT molecular complexity index is 923. The molecule has 2 N–H and O–H groups in total. The highest BCUT2D eigenvalue weighted by atomic mass is 35.5. The average Bonchev–Trinajstić information content (AvgIpc) is 2.73. The van der Waals surface area contributed by atoms with Crippen molar-refractivity contribution in [3.05, 3.63) is 95.0 Å². The highest BCUT2D eigenvalue weighted by Crippen LogP contribution is 2.28. The third-order valence-corrected chi connectivity index (χ3v) is 4.39. The summed E-state index contributed by atoms with van der Waals surface area (Å²) in [7, 11) is 1.47. The quantitative estimate of drug-likeness (QED) is 0.637. The molecular formula is C22H19ClN2O3. The Labute approximate surface area is 168 Å². The summed E-state index contributed by atoms with van der Waals surface area (Å²) in [4.78, 5) is 25.1. The molecule has 0 unspecified atom stereocenters. The van der Waals surface area contributed by atoms with Gasteiger partial charge in [0.05, 0.1) is 18.8 Å². The Morgan fingerprint density at radius 2 is 1.43 bits per heavy atom. The smallest absolute Gasteiger partial charge is 0.313 e. The Balaban J connectivity index is 1.81. The normalized spacial score (nSPS) is 10.4. The van der Waals surface area contributed by atoms with Crippen molar-refractivity contribution in [2.75, 3.05) is 12.4 Å². The first kappa shape index (κ1) is 19.5. The van der Waals surface area contributed by atoms with Gasteiger partial charge in [0.25, 0.3) is 0 Å². The van der Waals surface area contributed by atoms with Crippen molar-refractivity contribution >= 4 is 29.1 Å². The van der Waals surface area contributed by atoms with E-state index in [0.717, 1.165) is 11.1 Å². The van der Waals surface area contributed by atoms with Crippen molar-refractivity contribution in [2.45, 2.75) is 6.04 Å². The first-order valence-corrected chi connectivity index (χ1v) is 9.01. The largest absolute Gasteiger partial charge is 0.495 e. The number of carbonyl (C=O) groups excluding carboxylic acids is 2. The lowest BCUT2D eigenvalue weighted by molar-refractivity contribution is -0.136. The first-order valence-electron chi connectivity index (χ1n) is 8.64. The van der Waals surface area contributed by atoms with Crippen LogP contribution in [0.2, 0.25) is 5.02 Å². The van der Waals surface area contributed by atoms with Gasteiger partial charge in [0, 0.05) is 5.02 Å². The summed E-state index contributed by atoms with van der Waals surface area (Å²) in [6, 6.07) is 23.2. The second-order valence-electron chi connectivity index (χ2n) is 6.03. The van der Waals surface area contributed by atoms with Crippen LogP contribution in [0.3, 0.4) is 0 Å². The number of ether oxygens (including phenoxy) is 1. The number of nitrogens with one attached hydrogen (secondary N) is 2. The van der Waals surface area contributed by atoms with Gasteiger partial charge in [-0.3, -0.25) is 9.59 Å². The van der Waals surface area contributed by atoms with Crippen LogP contribution < -0.4 is 15.4 Å². The van der Waals surface area contributed by atoms with Crippen LogP contribution in [0.1, 0.15) is 17.2 Å². The fourth-order valence-electron chi connectivity index (χ4n) is 2.80. The number of halogens is 1. The van der Waals surface area contributed by atoms with E-state index in [4.69, 9.17) is 16.3 Å². The zero-order valence-corrected chi connectivity index (χ0v) is 15.9. The number of hydrogen-bond donors (Lipinski definition) is 2. The average molecular weight is 395 g/mol. The van der Waals surface area contributed by atoms with Gasteiger partial charge >= 0.3 is 11.8 Å². The summed E-state index contributed by atoms with van der Waals surface area (Å²) in [5.41, 5.74) is 2.07. The standard InChI is InChI=1S/C22H19ClN2O3/c1-28-19-13-12-17(23)14-18(19)24-21(26)22(27)25-20(15-8-4-2-5-9-15)16-10-6-3-7-11-16/h2-14,20H,1H3,(H,24,26)(H,25,27). The molecule has 3 aromatic carbocycles. The Hall–Kier alpha value is -3.31. The molecule has 0 aliphatic carbocycles. The van der Waals surface area contributed by atoms with Crippen LogP contribution >= 0.6 is 11.6 Å². The molecule has 0 aromatic heterocycles. The van der Waals surface area contributed by atoms with Gasteiger partial charge in [-0.1, -0.05) is 72.3 Å². The maximum absolute atomic E-state index is 12.6. The Morgan fingerprint density at radius 3 is 1.96 bits per heavy atom. The molecular weight excluding hydrogens is 376 g/mol. The molecule has 3 rings (SSSR count). The van der Waals surface area contributed by atoms with Crippen LogP contribution in [0.4, 0.5) is 5.69 Å². The minimum absolute atomic E-state index is 0.325. The van der Waals surface area contributed by atoms with Gasteiger partial charge < -0.3 is 15.4 Å². The van der Waals surface area contributed by atoms with Crippen molar-refractivity contribution in [1.82, 2.24) is 5.32 Å². The predicted octanol–water partition coefficient (Wildman–Crippen LogP) is 4.19. The van der Waals surface area contributed by atoms with Crippen molar-refractivity contribution in [3.63, 3.8) is 0 Å². The summed E-state index contributed by atoms with van der Waals surface area (Å²) in [5.74, 6) is -1.16. The van der Waals surface area contributed by atoms with E-state index in [1.165, 1.54) is 13.2 Å². The van der Waals surface area contributed by atoms with E-state index in [0.29, 0.717) is 16.5 Å². The lowest BCUT2D eigenvalue weighted by atomic mass is 9.99. The zero-order valence-electron chi connectivity index (χ0n) is 15.2. The van der Waals surface area contributed by atoms with Gasteiger partial charge in [-0.25, -0.2) is 0 Å². The Kier molecular flexibility index (Phi) is 6.29. The fraction of sp³-hybridized carbons (Fsp3) is 0.0909. The molecule has 0 radical (unpaired) electrons.